The minimum absolute atomic E-state index is 0.207. The monoisotopic (exact) mass is 493 g/mol. The number of rotatable bonds is 4. The van der Waals surface area contributed by atoms with E-state index in [2.05, 4.69) is 21.2 Å². The molecular weight excluding hydrogens is 470 g/mol. The third-order valence-electron chi connectivity index (χ3n) is 5.68. The number of nitrogens with one attached hydrogen (secondary N) is 1. The van der Waals surface area contributed by atoms with Crippen LogP contribution < -0.4 is 11.1 Å². The zero-order valence-corrected chi connectivity index (χ0v) is 19.3. The maximum absolute atomic E-state index is 13.7. The molecule has 0 unspecified atom stereocenters. The minimum atomic E-state index is -1.33. The molecule has 0 radical (unpaired) electrons. The molecule has 7 nitrogen and oxygen atoms in total. The van der Waals surface area contributed by atoms with Crippen LogP contribution in [0.4, 0.5) is 10.5 Å². The molecule has 0 saturated carbocycles. The van der Waals surface area contributed by atoms with Crippen molar-refractivity contribution in [1.29, 1.82) is 0 Å². The summed E-state index contributed by atoms with van der Waals surface area (Å²) in [4.78, 5) is 39.4. The number of nitrogens with two attached hydrogens (primary N) is 1. The van der Waals surface area contributed by atoms with Crippen LogP contribution in [0.2, 0.25) is 0 Å². The predicted molar refractivity (Wildman–Crippen MR) is 120 cm³/mol. The van der Waals surface area contributed by atoms with E-state index in [0.29, 0.717) is 16.6 Å². The second-order valence-electron chi connectivity index (χ2n) is 8.34. The number of carbonyl (C=O) groups is 3. The molecule has 0 aliphatic carbocycles. The molecule has 0 bridgehead atoms. The average molecular weight is 494 g/mol. The van der Waals surface area contributed by atoms with Gasteiger partial charge in [-0.1, -0.05) is 51.1 Å². The largest absolute Gasteiger partial charge is 0.465 e. The van der Waals surface area contributed by atoms with Gasteiger partial charge in [-0.25, -0.2) is 4.79 Å². The van der Waals surface area contributed by atoms with Gasteiger partial charge in [0.05, 0.1) is 15.5 Å². The van der Waals surface area contributed by atoms with Crippen molar-refractivity contribution in [3.8, 4) is 0 Å². The van der Waals surface area contributed by atoms with E-state index in [1.165, 1.54) is 4.90 Å². The van der Waals surface area contributed by atoms with Crippen molar-refractivity contribution < 1.29 is 19.5 Å². The fourth-order valence-electron chi connectivity index (χ4n) is 4.31. The molecule has 1 aromatic heterocycles. The lowest BCUT2D eigenvalue weighted by atomic mass is 9.71. The number of anilines is 1. The highest BCUT2D eigenvalue weighted by atomic mass is 79.9. The number of likely N-dealkylation sites (tertiary alicyclic amines) is 1. The Bertz CT molecular complexity index is 986. The lowest BCUT2D eigenvalue weighted by Crippen LogP contribution is -2.62. The first kappa shape index (κ1) is 22.3. The first-order valence-electron chi connectivity index (χ1n) is 9.47. The van der Waals surface area contributed by atoms with Crippen molar-refractivity contribution in [2.24, 2.45) is 11.1 Å². The number of amides is 3. The van der Waals surface area contributed by atoms with Crippen LogP contribution in [-0.2, 0) is 4.79 Å². The normalized spacial score (nSPS) is 21.5. The fraction of sp³-hybridized carbons (Fsp3) is 0.381. The summed E-state index contributed by atoms with van der Waals surface area (Å²) in [6.07, 6.45) is -0.296. The SMILES string of the molecule is CC(C)(C)[C@]1(C(=O)Nc2cc(Br)sc2C(N)=O)CC[C@H](c2ccccc2)N1C(=O)O. The Morgan fingerprint density at radius 3 is 2.43 bits per heavy atom. The van der Waals surface area contributed by atoms with Gasteiger partial charge in [0.1, 0.15) is 10.4 Å². The van der Waals surface area contributed by atoms with Gasteiger partial charge in [-0.2, -0.15) is 0 Å². The molecule has 2 heterocycles. The van der Waals surface area contributed by atoms with E-state index in [-0.39, 0.29) is 10.6 Å². The van der Waals surface area contributed by atoms with Crippen LogP contribution in [0.25, 0.3) is 0 Å². The van der Waals surface area contributed by atoms with Gasteiger partial charge in [0, 0.05) is 0 Å². The van der Waals surface area contributed by atoms with E-state index in [4.69, 9.17) is 5.73 Å². The van der Waals surface area contributed by atoms with Gasteiger partial charge < -0.3 is 16.2 Å². The summed E-state index contributed by atoms with van der Waals surface area (Å²) in [5, 5.41) is 13.0. The van der Waals surface area contributed by atoms with Crippen LogP contribution in [-0.4, -0.2) is 33.5 Å². The van der Waals surface area contributed by atoms with E-state index >= 15 is 0 Å². The van der Waals surface area contributed by atoms with Crippen molar-refractivity contribution in [3.63, 3.8) is 0 Å². The molecule has 1 aromatic carbocycles. The van der Waals surface area contributed by atoms with Crippen LogP contribution in [0.15, 0.2) is 40.2 Å². The smallest absolute Gasteiger partial charge is 0.408 e. The van der Waals surface area contributed by atoms with Gasteiger partial charge in [0.15, 0.2) is 0 Å². The summed E-state index contributed by atoms with van der Waals surface area (Å²) in [5.41, 5.74) is 4.53. The first-order valence-corrected chi connectivity index (χ1v) is 11.1. The Labute approximate surface area is 187 Å². The summed E-state index contributed by atoms with van der Waals surface area (Å²) < 4.78 is 0.639. The number of carboxylic acid groups (broad SMARTS) is 1. The van der Waals surface area contributed by atoms with Crippen LogP contribution >= 0.6 is 27.3 Å². The number of primary amides is 1. The predicted octanol–water partition coefficient (Wildman–Crippen LogP) is 4.85. The van der Waals surface area contributed by atoms with Gasteiger partial charge in [0.2, 0.25) is 0 Å². The number of hydrogen-bond acceptors (Lipinski definition) is 4. The molecule has 1 aliphatic heterocycles. The van der Waals surface area contributed by atoms with Gasteiger partial charge >= 0.3 is 6.09 Å². The summed E-state index contributed by atoms with van der Waals surface area (Å²) in [6, 6.07) is 10.5. The summed E-state index contributed by atoms with van der Waals surface area (Å²) in [7, 11) is 0. The second kappa shape index (κ2) is 8.03. The Hall–Kier alpha value is -2.39. The third kappa shape index (κ3) is 3.72. The van der Waals surface area contributed by atoms with Crippen LogP contribution in [0.3, 0.4) is 0 Å². The second-order valence-corrected chi connectivity index (χ2v) is 10.8. The number of carbonyl (C=O) groups excluding carboxylic acids is 2. The molecule has 1 fully saturated rings. The van der Waals surface area contributed by atoms with Crippen LogP contribution in [0.5, 0.6) is 0 Å². The zero-order valence-electron chi connectivity index (χ0n) is 16.9. The minimum Gasteiger partial charge on any atom is -0.465 e. The molecule has 1 aliphatic rings. The molecule has 3 rings (SSSR count). The molecule has 9 heteroatoms. The number of hydrogen-bond donors (Lipinski definition) is 3. The van der Waals surface area contributed by atoms with Gasteiger partial charge in [0.25, 0.3) is 11.8 Å². The lowest BCUT2D eigenvalue weighted by Gasteiger charge is -2.46. The van der Waals surface area contributed by atoms with E-state index in [0.717, 1.165) is 16.9 Å². The van der Waals surface area contributed by atoms with Crippen molar-refractivity contribution in [2.45, 2.75) is 45.2 Å². The quantitative estimate of drug-likeness (QED) is 0.564. The number of thiophene rings is 1. The highest BCUT2D eigenvalue weighted by Crippen LogP contribution is 2.52. The average Bonchev–Trinajstić information content (AvgIpc) is 3.23. The van der Waals surface area contributed by atoms with E-state index in [1.54, 1.807) is 6.07 Å². The molecule has 4 N–H and O–H groups in total. The molecule has 2 aromatic rings. The van der Waals surface area contributed by atoms with Crippen molar-refractivity contribution >= 4 is 50.9 Å². The Balaban J connectivity index is 2.07. The van der Waals surface area contributed by atoms with Crippen LogP contribution in [0, 0.1) is 5.41 Å². The Morgan fingerprint density at radius 2 is 1.90 bits per heavy atom. The zero-order chi connectivity index (χ0) is 22.3. The molecular formula is C21H24BrN3O4S. The first-order chi connectivity index (χ1) is 14.0. The highest BCUT2D eigenvalue weighted by Gasteiger charge is 2.60. The highest BCUT2D eigenvalue weighted by molar-refractivity contribution is 9.11. The maximum atomic E-state index is 13.7. The van der Waals surface area contributed by atoms with Crippen molar-refractivity contribution in [3.05, 3.63) is 50.6 Å². The molecule has 160 valence electrons. The standard InChI is InChI=1S/C21H24BrN3O4S/c1-20(2,3)21(18(27)24-13-11-15(22)30-16(13)17(23)26)10-9-14(25(21)19(28)29)12-7-5-4-6-8-12/h4-8,11,14H,9-10H2,1-3H3,(H2,23,26)(H,24,27)(H,28,29)/t14-,21-/m1/s1. The summed E-state index contributed by atoms with van der Waals surface area (Å²) in [6.45, 7) is 5.57. The van der Waals surface area contributed by atoms with Crippen LogP contribution in [0.1, 0.15) is 54.9 Å². The lowest BCUT2D eigenvalue weighted by molar-refractivity contribution is -0.133. The third-order valence-corrected chi connectivity index (χ3v) is 7.34. The molecule has 0 spiro atoms. The van der Waals surface area contributed by atoms with E-state index in [9.17, 15) is 19.5 Å². The van der Waals surface area contributed by atoms with Gasteiger partial charge in [-0.3, -0.25) is 14.5 Å². The fourth-order valence-corrected chi connectivity index (χ4v) is 5.72. The molecule has 2 atom stereocenters. The Kier molecular flexibility index (Phi) is 5.97. The Morgan fingerprint density at radius 1 is 1.27 bits per heavy atom. The topological polar surface area (TPSA) is 113 Å². The number of benzene rings is 1. The summed E-state index contributed by atoms with van der Waals surface area (Å²) in [5.74, 6) is -1.13. The van der Waals surface area contributed by atoms with Crippen molar-refractivity contribution in [2.75, 3.05) is 5.32 Å². The number of halogens is 1. The van der Waals surface area contributed by atoms with Gasteiger partial charge in [-0.15, -0.1) is 11.3 Å². The molecule has 1 saturated heterocycles. The maximum Gasteiger partial charge on any atom is 0.408 e. The van der Waals surface area contributed by atoms with E-state index < -0.39 is 34.9 Å². The molecule has 3 amide bonds. The van der Waals surface area contributed by atoms with E-state index in [1.807, 2.05) is 51.1 Å². The number of nitrogens with zero attached hydrogens (tertiary/aromatic N) is 1. The molecule has 30 heavy (non-hydrogen) atoms. The van der Waals surface area contributed by atoms with Crippen molar-refractivity contribution in [1.82, 2.24) is 4.90 Å². The van der Waals surface area contributed by atoms with Gasteiger partial charge in [-0.05, 0) is 45.8 Å². The summed E-state index contributed by atoms with van der Waals surface area (Å²) >= 11 is 4.42.